The van der Waals surface area contributed by atoms with Gasteiger partial charge in [-0.1, -0.05) is 6.07 Å². The highest BCUT2D eigenvalue weighted by atomic mass is 32.1. The molecule has 100 valence electrons. The molecule has 0 fully saturated rings. The average Bonchev–Trinajstić information content (AvgIpc) is 2.93. The zero-order valence-corrected chi connectivity index (χ0v) is 11.7. The number of carbonyl (C=O) groups is 1. The predicted octanol–water partition coefficient (Wildman–Crippen LogP) is 2.55. The summed E-state index contributed by atoms with van der Waals surface area (Å²) in [6.07, 6.45) is 2.54. The number of aromatic nitrogens is 1. The Labute approximate surface area is 116 Å². The van der Waals surface area contributed by atoms with E-state index in [9.17, 15) is 4.79 Å². The van der Waals surface area contributed by atoms with Crippen LogP contribution in [0.1, 0.15) is 22.3 Å². The molecule has 0 unspecified atom stereocenters. The average molecular weight is 275 g/mol. The van der Waals surface area contributed by atoms with Gasteiger partial charge in [0.15, 0.2) is 0 Å². The standard InChI is InChI=1S/C14H17N3OS/c1-2-15-11-5-6-13(17-10-11)14(18)16-8-7-12-4-3-9-19-12/h3-6,9-10,15H,2,7-8H2,1H3,(H,16,18). The minimum atomic E-state index is -0.125. The van der Waals surface area contributed by atoms with E-state index in [2.05, 4.69) is 21.7 Å². The Morgan fingerprint density at radius 2 is 2.26 bits per heavy atom. The van der Waals surface area contributed by atoms with Crippen molar-refractivity contribution in [3.05, 3.63) is 46.4 Å². The van der Waals surface area contributed by atoms with E-state index in [-0.39, 0.29) is 5.91 Å². The first-order valence-corrected chi connectivity index (χ1v) is 7.18. The molecule has 2 heterocycles. The molecule has 2 rings (SSSR count). The highest BCUT2D eigenvalue weighted by Gasteiger charge is 2.06. The predicted molar refractivity (Wildman–Crippen MR) is 78.8 cm³/mol. The molecular formula is C14H17N3OS. The summed E-state index contributed by atoms with van der Waals surface area (Å²) < 4.78 is 0. The van der Waals surface area contributed by atoms with Gasteiger partial charge in [-0.3, -0.25) is 4.79 Å². The van der Waals surface area contributed by atoms with Crippen LogP contribution in [0.5, 0.6) is 0 Å². The summed E-state index contributed by atoms with van der Waals surface area (Å²) in [5, 5.41) is 8.06. The molecule has 2 aromatic heterocycles. The lowest BCUT2D eigenvalue weighted by Gasteiger charge is -2.05. The molecule has 4 nitrogen and oxygen atoms in total. The number of carbonyl (C=O) groups excluding carboxylic acids is 1. The normalized spacial score (nSPS) is 10.2. The van der Waals surface area contributed by atoms with Gasteiger partial charge in [-0.2, -0.15) is 0 Å². The van der Waals surface area contributed by atoms with Crippen molar-refractivity contribution >= 4 is 22.9 Å². The maximum absolute atomic E-state index is 11.9. The Morgan fingerprint density at radius 1 is 1.37 bits per heavy atom. The first-order valence-electron chi connectivity index (χ1n) is 6.30. The lowest BCUT2D eigenvalue weighted by molar-refractivity contribution is 0.0949. The fourth-order valence-corrected chi connectivity index (χ4v) is 2.39. The number of nitrogens with zero attached hydrogens (tertiary/aromatic N) is 1. The Balaban J connectivity index is 1.82. The van der Waals surface area contributed by atoms with E-state index in [1.54, 1.807) is 23.6 Å². The molecule has 0 saturated heterocycles. The van der Waals surface area contributed by atoms with Crippen molar-refractivity contribution < 1.29 is 4.79 Å². The molecule has 1 amide bonds. The van der Waals surface area contributed by atoms with E-state index in [1.807, 2.05) is 24.4 Å². The summed E-state index contributed by atoms with van der Waals surface area (Å²) in [6, 6.07) is 7.69. The molecule has 2 aromatic rings. The molecule has 0 aliphatic heterocycles. The van der Waals surface area contributed by atoms with Gasteiger partial charge in [-0.05, 0) is 36.9 Å². The summed E-state index contributed by atoms with van der Waals surface area (Å²) in [7, 11) is 0. The third-order valence-corrected chi connectivity index (χ3v) is 3.55. The van der Waals surface area contributed by atoms with Crippen LogP contribution in [0.4, 0.5) is 5.69 Å². The number of hydrogen-bond acceptors (Lipinski definition) is 4. The lowest BCUT2D eigenvalue weighted by Crippen LogP contribution is -2.26. The topological polar surface area (TPSA) is 54.0 Å². The van der Waals surface area contributed by atoms with Crippen molar-refractivity contribution in [2.45, 2.75) is 13.3 Å². The van der Waals surface area contributed by atoms with Crippen LogP contribution in [0.3, 0.4) is 0 Å². The number of amides is 1. The molecular weight excluding hydrogens is 258 g/mol. The number of anilines is 1. The fraction of sp³-hybridized carbons (Fsp3) is 0.286. The van der Waals surface area contributed by atoms with Crippen LogP contribution in [0.2, 0.25) is 0 Å². The maximum atomic E-state index is 11.9. The van der Waals surface area contributed by atoms with Crippen LogP contribution in [0, 0.1) is 0 Å². The van der Waals surface area contributed by atoms with Gasteiger partial charge in [0, 0.05) is 18.0 Å². The minimum Gasteiger partial charge on any atom is -0.384 e. The summed E-state index contributed by atoms with van der Waals surface area (Å²) in [5.41, 5.74) is 1.38. The number of pyridine rings is 1. The van der Waals surface area contributed by atoms with Gasteiger partial charge < -0.3 is 10.6 Å². The molecule has 0 spiro atoms. The zero-order valence-electron chi connectivity index (χ0n) is 10.8. The van der Waals surface area contributed by atoms with Crippen LogP contribution in [-0.2, 0) is 6.42 Å². The van der Waals surface area contributed by atoms with Crippen molar-refractivity contribution in [1.29, 1.82) is 0 Å². The monoisotopic (exact) mass is 275 g/mol. The van der Waals surface area contributed by atoms with Crippen LogP contribution < -0.4 is 10.6 Å². The molecule has 19 heavy (non-hydrogen) atoms. The van der Waals surface area contributed by atoms with Crippen molar-refractivity contribution in [3.63, 3.8) is 0 Å². The maximum Gasteiger partial charge on any atom is 0.269 e. The first kappa shape index (κ1) is 13.5. The third kappa shape index (κ3) is 4.06. The Kier molecular flexibility index (Phi) is 4.92. The van der Waals surface area contributed by atoms with Crippen molar-refractivity contribution in [2.75, 3.05) is 18.4 Å². The second-order valence-corrected chi connectivity index (χ2v) is 5.08. The fourth-order valence-electron chi connectivity index (χ4n) is 1.68. The Hall–Kier alpha value is -1.88. The van der Waals surface area contributed by atoms with Crippen LogP contribution in [0.15, 0.2) is 35.8 Å². The summed E-state index contributed by atoms with van der Waals surface area (Å²) in [5.74, 6) is -0.125. The number of rotatable bonds is 6. The van der Waals surface area contributed by atoms with E-state index in [1.165, 1.54) is 4.88 Å². The van der Waals surface area contributed by atoms with Crippen LogP contribution in [-0.4, -0.2) is 24.0 Å². The molecule has 0 bridgehead atoms. The van der Waals surface area contributed by atoms with E-state index >= 15 is 0 Å². The van der Waals surface area contributed by atoms with E-state index in [4.69, 9.17) is 0 Å². The second-order valence-electron chi connectivity index (χ2n) is 4.05. The van der Waals surface area contributed by atoms with Gasteiger partial charge in [0.25, 0.3) is 5.91 Å². The van der Waals surface area contributed by atoms with Crippen molar-refractivity contribution in [1.82, 2.24) is 10.3 Å². The minimum absolute atomic E-state index is 0.125. The molecule has 0 aliphatic rings. The second kappa shape index (κ2) is 6.89. The molecule has 0 saturated carbocycles. The molecule has 0 radical (unpaired) electrons. The summed E-state index contributed by atoms with van der Waals surface area (Å²) in [4.78, 5) is 17.3. The van der Waals surface area contributed by atoms with Crippen LogP contribution in [0.25, 0.3) is 0 Å². The molecule has 0 aromatic carbocycles. The van der Waals surface area contributed by atoms with E-state index in [0.29, 0.717) is 12.2 Å². The smallest absolute Gasteiger partial charge is 0.269 e. The Morgan fingerprint density at radius 3 is 2.89 bits per heavy atom. The van der Waals surface area contributed by atoms with Gasteiger partial charge in [0.05, 0.1) is 11.9 Å². The van der Waals surface area contributed by atoms with Crippen molar-refractivity contribution in [2.24, 2.45) is 0 Å². The number of hydrogen-bond donors (Lipinski definition) is 2. The highest BCUT2D eigenvalue weighted by Crippen LogP contribution is 2.08. The SMILES string of the molecule is CCNc1ccc(C(=O)NCCc2cccs2)nc1. The summed E-state index contributed by atoms with van der Waals surface area (Å²) >= 11 is 1.70. The quantitative estimate of drug-likeness (QED) is 0.852. The highest BCUT2D eigenvalue weighted by molar-refractivity contribution is 7.09. The summed E-state index contributed by atoms with van der Waals surface area (Å²) in [6.45, 7) is 3.50. The first-order chi connectivity index (χ1) is 9.29. The lowest BCUT2D eigenvalue weighted by atomic mass is 10.3. The van der Waals surface area contributed by atoms with E-state index in [0.717, 1.165) is 18.7 Å². The molecule has 5 heteroatoms. The third-order valence-electron chi connectivity index (χ3n) is 2.61. The van der Waals surface area contributed by atoms with Gasteiger partial charge >= 0.3 is 0 Å². The number of thiophene rings is 1. The van der Waals surface area contributed by atoms with Crippen molar-refractivity contribution in [3.8, 4) is 0 Å². The number of nitrogens with one attached hydrogen (secondary N) is 2. The molecule has 0 atom stereocenters. The largest absolute Gasteiger partial charge is 0.384 e. The van der Waals surface area contributed by atoms with Crippen LogP contribution >= 0.6 is 11.3 Å². The zero-order chi connectivity index (χ0) is 13.5. The van der Waals surface area contributed by atoms with Gasteiger partial charge in [-0.15, -0.1) is 11.3 Å². The van der Waals surface area contributed by atoms with Gasteiger partial charge in [0.2, 0.25) is 0 Å². The van der Waals surface area contributed by atoms with Gasteiger partial charge in [0.1, 0.15) is 5.69 Å². The van der Waals surface area contributed by atoms with E-state index < -0.39 is 0 Å². The Bertz CT molecular complexity index is 508. The van der Waals surface area contributed by atoms with Gasteiger partial charge in [-0.25, -0.2) is 4.98 Å². The molecule has 0 aliphatic carbocycles. The molecule has 2 N–H and O–H groups in total.